The summed E-state index contributed by atoms with van der Waals surface area (Å²) < 4.78 is 0. The molecule has 0 spiro atoms. The van der Waals surface area contributed by atoms with Crippen LogP contribution in [0.3, 0.4) is 0 Å². The van der Waals surface area contributed by atoms with Gasteiger partial charge < -0.3 is 10.6 Å². The van der Waals surface area contributed by atoms with E-state index in [0.29, 0.717) is 6.42 Å². The molecule has 0 aliphatic carbocycles. The number of aromatic nitrogens is 1. The molecule has 2 fully saturated rings. The van der Waals surface area contributed by atoms with E-state index in [1.54, 1.807) is 12.4 Å². The Morgan fingerprint density at radius 1 is 1.00 bits per heavy atom. The second-order valence-corrected chi connectivity index (χ2v) is 7.66. The van der Waals surface area contributed by atoms with Gasteiger partial charge in [0, 0.05) is 12.4 Å². The molecular formula is C22H28Cl2N4O2. The SMILES string of the molecule is Cl.Cl.O=C1NC(CCc2ccccc2)(C2CCNCC2)C(=O)N1Cc1cccnc1. The van der Waals surface area contributed by atoms with Crippen molar-refractivity contribution in [2.45, 2.75) is 37.8 Å². The van der Waals surface area contributed by atoms with Crippen molar-refractivity contribution in [3.8, 4) is 0 Å². The Labute approximate surface area is 189 Å². The molecule has 1 atom stereocenters. The topological polar surface area (TPSA) is 74.3 Å². The number of urea groups is 1. The van der Waals surface area contributed by atoms with Crippen LogP contribution in [0, 0.1) is 5.92 Å². The zero-order chi connectivity index (χ0) is 19.4. The van der Waals surface area contributed by atoms with Crippen molar-refractivity contribution in [2.75, 3.05) is 13.1 Å². The van der Waals surface area contributed by atoms with Crippen LogP contribution in [-0.2, 0) is 17.8 Å². The summed E-state index contributed by atoms with van der Waals surface area (Å²) in [6.45, 7) is 2.02. The molecule has 2 aromatic rings. The highest BCUT2D eigenvalue weighted by Crippen LogP contribution is 2.36. The molecule has 3 heterocycles. The van der Waals surface area contributed by atoms with Gasteiger partial charge in [0.15, 0.2) is 0 Å². The molecule has 2 saturated heterocycles. The maximum Gasteiger partial charge on any atom is 0.325 e. The first-order chi connectivity index (χ1) is 13.7. The minimum atomic E-state index is -0.822. The molecule has 2 aliphatic heterocycles. The highest BCUT2D eigenvalue weighted by atomic mass is 35.5. The van der Waals surface area contributed by atoms with Crippen molar-refractivity contribution < 1.29 is 9.59 Å². The van der Waals surface area contributed by atoms with Gasteiger partial charge in [0.1, 0.15) is 5.54 Å². The van der Waals surface area contributed by atoms with Crippen LogP contribution < -0.4 is 10.6 Å². The number of hydrogen-bond donors (Lipinski definition) is 2. The lowest BCUT2D eigenvalue weighted by Gasteiger charge is -2.38. The third-order valence-electron chi connectivity index (χ3n) is 5.95. The number of rotatable bonds is 6. The van der Waals surface area contributed by atoms with Crippen molar-refractivity contribution >= 4 is 36.8 Å². The summed E-state index contributed by atoms with van der Waals surface area (Å²) in [4.78, 5) is 31.8. The Bertz CT molecular complexity index is 832. The molecule has 0 bridgehead atoms. The van der Waals surface area contributed by atoms with Gasteiger partial charge in [-0.25, -0.2) is 4.79 Å². The predicted octanol–water partition coefficient (Wildman–Crippen LogP) is 3.35. The van der Waals surface area contributed by atoms with Crippen LogP contribution in [0.1, 0.15) is 30.4 Å². The smallest absolute Gasteiger partial charge is 0.323 e. The first-order valence-corrected chi connectivity index (χ1v) is 9.97. The van der Waals surface area contributed by atoms with Crippen LogP contribution in [0.5, 0.6) is 0 Å². The first-order valence-electron chi connectivity index (χ1n) is 9.97. The quantitative estimate of drug-likeness (QED) is 0.661. The third kappa shape index (κ3) is 4.94. The van der Waals surface area contributed by atoms with Gasteiger partial charge in [0.25, 0.3) is 5.91 Å². The lowest BCUT2D eigenvalue weighted by molar-refractivity contribution is -0.134. The molecule has 0 saturated carbocycles. The Morgan fingerprint density at radius 2 is 1.70 bits per heavy atom. The number of nitrogens with one attached hydrogen (secondary N) is 2. The van der Waals surface area contributed by atoms with Crippen molar-refractivity contribution in [3.63, 3.8) is 0 Å². The van der Waals surface area contributed by atoms with Gasteiger partial charge in [-0.1, -0.05) is 36.4 Å². The van der Waals surface area contributed by atoms with E-state index in [4.69, 9.17) is 0 Å². The maximum atomic E-state index is 13.6. The highest BCUT2D eigenvalue weighted by molar-refractivity contribution is 6.07. The summed E-state index contributed by atoms with van der Waals surface area (Å²) in [5.41, 5.74) is 1.22. The van der Waals surface area contributed by atoms with Gasteiger partial charge in [-0.3, -0.25) is 14.7 Å². The van der Waals surface area contributed by atoms with Crippen LogP contribution >= 0.6 is 24.8 Å². The third-order valence-corrected chi connectivity index (χ3v) is 5.95. The number of benzene rings is 1. The number of carbonyl (C=O) groups excluding carboxylic acids is 2. The highest BCUT2D eigenvalue weighted by Gasteiger charge is 2.55. The number of nitrogens with zero attached hydrogens (tertiary/aromatic N) is 2. The number of halogens is 2. The Balaban J connectivity index is 0.00000160. The van der Waals surface area contributed by atoms with Crippen LogP contribution in [0.15, 0.2) is 54.9 Å². The molecule has 6 nitrogen and oxygen atoms in total. The summed E-state index contributed by atoms with van der Waals surface area (Å²) in [6.07, 6.45) is 6.56. The lowest BCUT2D eigenvalue weighted by atomic mass is 9.74. The number of imide groups is 1. The molecule has 2 aliphatic rings. The molecule has 8 heteroatoms. The van der Waals surface area contributed by atoms with E-state index in [9.17, 15) is 9.59 Å². The molecule has 0 radical (unpaired) electrons. The summed E-state index contributed by atoms with van der Waals surface area (Å²) in [7, 11) is 0. The number of carbonyl (C=O) groups is 2. The fraction of sp³-hybridized carbons (Fsp3) is 0.409. The number of amides is 3. The average Bonchev–Trinajstić information content (AvgIpc) is 2.99. The van der Waals surface area contributed by atoms with E-state index in [-0.39, 0.29) is 49.2 Å². The molecular weight excluding hydrogens is 423 g/mol. The summed E-state index contributed by atoms with van der Waals surface area (Å²) in [6, 6.07) is 13.6. The molecule has 162 valence electrons. The van der Waals surface area contributed by atoms with Gasteiger partial charge in [-0.05, 0) is 61.9 Å². The number of aryl methyl sites for hydroxylation is 1. The Hall–Kier alpha value is -2.15. The molecule has 1 aromatic carbocycles. The normalized spacial score (nSPS) is 21.5. The van der Waals surface area contributed by atoms with Gasteiger partial charge in [-0.2, -0.15) is 0 Å². The minimum Gasteiger partial charge on any atom is -0.323 e. The summed E-state index contributed by atoms with van der Waals surface area (Å²) in [5, 5.41) is 6.48. The molecule has 3 amide bonds. The van der Waals surface area contributed by atoms with E-state index in [1.165, 1.54) is 10.5 Å². The molecule has 4 rings (SSSR count). The fourth-order valence-electron chi connectivity index (χ4n) is 4.41. The molecule has 30 heavy (non-hydrogen) atoms. The lowest BCUT2D eigenvalue weighted by Crippen LogP contribution is -2.56. The monoisotopic (exact) mass is 450 g/mol. The number of pyridine rings is 1. The standard InChI is InChI=1S/C22H26N4O2.2ClH/c27-20-22(19-9-13-23-14-10-19,11-8-17-5-2-1-3-6-17)25-21(28)26(20)16-18-7-4-12-24-15-18;;/h1-7,12,15,19,23H,8-11,13-14,16H2,(H,25,28);2*1H. The maximum absolute atomic E-state index is 13.6. The van der Waals surface area contributed by atoms with Crippen LogP contribution in [0.25, 0.3) is 0 Å². The van der Waals surface area contributed by atoms with Crippen LogP contribution in [0.2, 0.25) is 0 Å². The van der Waals surface area contributed by atoms with Crippen molar-refractivity contribution in [1.82, 2.24) is 20.5 Å². The Kier molecular flexibility index (Phi) is 8.65. The largest absolute Gasteiger partial charge is 0.325 e. The molecule has 1 aromatic heterocycles. The first kappa shape index (κ1) is 24.1. The predicted molar refractivity (Wildman–Crippen MR) is 121 cm³/mol. The zero-order valence-corrected chi connectivity index (χ0v) is 18.4. The second kappa shape index (κ2) is 10.8. The molecule has 2 N–H and O–H groups in total. The van der Waals surface area contributed by atoms with Crippen molar-refractivity contribution in [1.29, 1.82) is 0 Å². The van der Waals surface area contributed by atoms with Crippen molar-refractivity contribution in [2.24, 2.45) is 5.92 Å². The Morgan fingerprint density at radius 3 is 2.37 bits per heavy atom. The van der Waals surface area contributed by atoms with Gasteiger partial charge in [0.05, 0.1) is 6.54 Å². The van der Waals surface area contributed by atoms with E-state index < -0.39 is 5.54 Å². The van der Waals surface area contributed by atoms with E-state index in [2.05, 4.69) is 27.8 Å². The average molecular weight is 451 g/mol. The van der Waals surface area contributed by atoms with Gasteiger partial charge in [-0.15, -0.1) is 24.8 Å². The van der Waals surface area contributed by atoms with Crippen LogP contribution in [-0.4, -0.2) is 40.5 Å². The second-order valence-electron chi connectivity index (χ2n) is 7.66. The molecule has 1 unspecified atom stereocenters. The minimum absolute atomic E-state index is 0. The van der Waals surface area contributed by atoms with Gasteiger partial charge in [0.2, 0.25) is 0 Å². The number of piperidine rings is 1. The summed E-state index contributed by atoms with van der Waals surface area (Å²) in [5.74, 6) is 0.0528. The fourth-order valence-corrected chi connectivity index (χ4v) is 4.41. The van der Waals surface area contributed by atoms with Gasteiger partial charge >= 0.3 is 6.03 Å². The zero-order valence-electron chi connectivity index (χ0n) is 16.8. The van der Waals surface area contributed by atoms with Crippen LogP contribution in [0.4, 0.5) is 4.79 Å². The van der Waals surface area contributed by atoms with E-state index >= 15 is 0 Å². The number of hydrogen-bond acceptors (Lipinski definition) is 4. The van der Waals surface area contributed by atoms with E-state index in [1.807, 2.05) is 30.3 Å². The van der Waals surface area contributed by atoms with E-state index in [0.717, 1.165) is 37.9 Å². The summed E-state index contributed by atoms with van der Waals surface area (Å²) >= 11 is 0. The van der Waals surface area contributed by atoms with Crippen molar-refractivity contribution in [3.05, 3.63) is 66.0 Å².